The average molecular weight is 537 g/mol. The molecular formula is C40H28N2. The molecule has 0 bridgehead atoms. The Morgan fingerprint density at radius 2 is 1.26 bits per heavy atom. The van der Waals surface area contributed by atoms with Crippen molar-refractivity contribution in [3.05, 3.63) is 139 Å². The number of para-hydroxylation sites is 3. The molecule has 42 heavy (non-hydrogen) atoms. The molecule has 0 amide bonds. The molecule has 0 saturated heterocycles. The summed E-state index contributed by atoms with van der Waals surface area (Å²) in [5.74, 6) is 0. The van der Waals surface area contributed by atoms with E-state index >= 15 is 0 Å². The van der Waals surface area contributed by atoms with Crippen LogP contribution in [0.5, 0.6) is 0 Å². The summed E-state index contributed by atoms with van der Waals surface area (Å²) in [5, 5.41) is 6.24. The summed E-state index contributed by atoms with van der Waals surface area (Å²) >= 11 is 0. The molecule has 2 aromatic heterocycles. The zero-order chi connectivity index (χ0) is 28.0. The van der Waals surface area contributed by atoms with Crippen LogP contribution in [-0.2, 0) is 5.41 Å². The van der Waals surface area contributed by atoms with Crippen LogP contribution in [0.15, 0.2) is 127 Å². The van der Waals surface area contributed by atoms with Crippen molar-refractivity contribution in [2.45, 2.75) is 19.3 Å². The Labute approximate surface area is 244 Å². The second-order valence-corrected chi connectivity index (χ2v) is 12.0. The zero-order valence-electron chi connectivity index (χ0n) is 23.6. The number of hydrogen-bond acceptors (Lipinski definition) is 1. The van der Waals surface area contributed by atoms with E-state index in [1.807, 2.05) is 0 Å². The number of benzene rings is 6. The molecule has 1 aliphatic rings. The van der Waals surface area contributed by atoms with Gasteiger partial charge in [0.2, 0.25) is 0 Å². The van der Waals surface area contributed by atoms with E-state index in [1.165, 1.54) is 65.8 Å². The van der Waals surface area contributed by atoms with Crippen LogP contribution in [0.4, 0.5) is 0 Å². The summed E-state index contributed by atoms with van der Waals surface area (Å²) < 4.78 is 0. The Balaban J connectivity index is 1.32. The van der Waals surface area contributed by atoms with Gasteiger partial charge in [-0.25, -0.2) is 4.98 Å². The van der Waals surface area contributed by atoms with Crippen molar-refractivity contribution in [2.24, 2.45) is 0 Å². The molecule has 2 nitrogen and oxygen atoms in total. The lowest BCUT2D eigenvalue weighted by Gasteiger charge is -2.24. The van der Waals surface area contributed by atoms with E-state index < -0.39 is 0 Å². The molecule has 8 aromatic rings. The number of pyridine rings is 1. The maximum Gasteiger partial charge on any atom is 0.0788 e. The first-order valence-electron chi connectivity index (χ1n) is 14.7. The van der Waals surface area contributed by atoms with Gasteiger partial charge in [-0.1, -0.05) is 123 Å². The first kappa shape index (κ1) is 23.5. The predicted octanol–water partition coefficient (Wildman–Crippen LogP) is 10.7. The third-order valence-electron chi connectivity index (χ3n) is 9.37. The van der Waals surface area contributed by atoms with Crippen LogP contribution >= 0.6 is 0 Å². The lowest BCUT2D eigenvalue weighted by molar-refractivity contribution is 0.666. The molecule has 2 heterocycles. The molecular weight excluding hydrogens is 508 g/mol. The molecule has 6 aromatic carbocycles. The van der Waals surface area contributed by atoms with E-state index in [-0.39, 0.29) is 5.41 Å². The Hall–Kier alpha value is -5.21. The minimum atomic E-state index is -0.111. The van der Waals surface area contributed by atoms with Crippen LogP contribution in [0.25, 0.3) is 77.0 Å². The molecule has 0 fully saturated rings. The standard InChI is InChI=1S/C40H28N2/c1-40(2)33-18-6-3-13-27(33)29-21-22-32-36(37(29)40)31-15-5-8-20-35(31)41-38(32)25-12-9-11-24(23-25)26-16-10-17-30-28-14-4-7-19-34(28)42-39(26)30/h3-23,42H,1-2H3. The van der Waals surface area contributed by atoms with Crippen LogP contribution in [0.2, 0.25) is 0 Å². The van der Waals surface area contributed by atoms with E-state index in [0.29, 0.717) is 0 Å². The summed E-state index contributed by atoms with van der Waals surface area (Å²) in [4.78, 5) is 9.01. The number of aromatic amines is 1. The summed E-state index contributed by atoms with van der Waals surface area (Å²) in [6.07, 6.45) is 0. The van der Waals surface area contributed by atoms with Gasteiger partial charge in [0.15, 0.2) is 0 Å². The molecule has 0 spiro atoms. The highest BCUT2D eigenvalue weighted by Crippen LogP contribution is 2.53. The first-order chi connectivity index (χ1) is 20.6. The van der Waals surface area contributed by atoms with Crippen molar-refractivity contribution in [3.8, 4) is 33.5 Å². The molecule has 9 rings (SSSR count). The number of rotatable bonds is 2. The Kier molecular flexibility index (Phi) is 4.70. The summed E-state index contributed by atoms with van der Waals surface area (Å²) in [5.41, 5.74) is 13.3. The van der Waals surface area contributed by atoms with Gasteiger partial charge in [-0.3, -0.25) is 0 Å². The van der Waals surface area contributed by atoms with E-state index in [0.717, 1.165) is 22.3 Å². The van der Waals surface area contributed by atoms with Gasteiger partial charge in [0, 0.05) is 43.6 Å². The smallest absolute Gasteiger partial charge is 0.0788 e. The Morgan fingerprint density at radius 1 is 0.548 bits per heavy atom. The second-order valence-electron chi connectivity index (χ2n) is 12.0. The Bertz CT molecular complexity index is 2390. The maximum absolute atomic E-state index is 5.32. The van der Waals surface area contributed by atoms with Crippen LogP contribution in [0.3, 0.4) is 0 Å². The van der Waals surface area contributed by atoms with Crippen molar-refractivity contribution in [2.75, 3.05) is 0 Å². The van der Waals surface area contributed by atoms with Crippen LogP contribution < -0.4 is 0 Å². The molecule has 0 radical (unpaired) electrons. The molecule has 0 aliphatic heterocycles. The number of nitrogens with one attached hydrogen (secondary N) is 1. The van der Waals surface area contributed by atoms with Crippen LogP contribution in [0, 0.1) is 0 Å². The van der Waals surface area contributed by atoms with Gasteiger partial charge in [0.1, 0.15) is 0 Å². The van der Waals surface area contributed by atoms with Gasteiger partial charge < -0.3 is 4.98 Å². The van der Waals surface area contributed by atoms with E-state index in [4.69, 9.17) is 4.98 Å². The van der Waals surface area contributed by atoms with Gasteiger partial charge in [-0.2, -0.15) is 0 Å². The second kappa shape index (κ2) is 8.41. The van der Waals surface area contributed by atoms with Gasteiger partial charge in [0.05, 0.1) is 16.7 Å². The first-order valence-corrected chi connectivity index (χ1v) is 14.7. The third kappa shape index (κ3) is 3.12. The fourth-order valence-electron chi connectivity index (χ4n) is 7.48. The molecule has 1 aliphatic carbocycles. The third-order valence-corrected chi connectivity index (χ3v) is 9.37. The monoisotopic (exact) mass is 536 g/mol. The van der Waals surface area contributed by atoms with E-state index in [2.05, 4.69) is 146 Å². The number of aromatic nitrogens is 2. The predicted molar refractivity (Wildman–Crippen MR) is 177 cm³/mol. The van der Waals surface area contributed by atoms with E-state index in [9.17, 15) is 0 Å². The number of nitrogens with zero attached hydrogens (tertiary/aromatic N) is 1. The molecule has 0 saturated carbocycles. The molecule has 0 unspecified atom stereocenters. The van der Waals surface area contributed by atoms with Crippen molar-refractivity contribution in [1.82, 2.24) is 9.97 Å². The SMILES string of the molecule is CC1(C)c2ccccc2-c2ccc3c(-c4cccc(-c5cccc6c5[nH]c5ccccc56)c4)nc4ccccc4c3c21. The highest BCUT2D eigenvalue weighted by atomic mass is 14.7. The fraction of sp³-hybridized carbons (Fsp3) is 0.0750. The van der Waals surface area contributed by atoms with Crippen molar-refractivity contribution in [1.29, 1.82) is 0 Å². The topological polar surface area (TPSA) is 28.7 Å². The fourth-order valence-corrected chi connectivity index (χ4v) is 7.48. The minimum absolute atomic E-state index is 0.111. The summed E-state index contributed by atoms with van der Waals surface area (Å²) in [6.45, 7) is 4.74. The normalized spacial score (nSPS) is 13.7. The largest absolute Gasteiger partial charge is 0.354 e. The highest BCUT2D eigenvalue weighted by Gasteiger charge is 2.37. The van der Waals surface area contributed by atoms with Gasteiger partial charge in [-0.15, -0.1) is 0 Å². The van der Waals surface area contributed by atoms with E-state index in [1.54, 1.807) is 0 Å². The summed E-state index contributed by atoms with van der Waals surface area (Å²) in [6, 6.07) is 46.2. The molecule has 2 heteroatoms. The van der Waals surface area contributed by atoms with Crippen molar-refractivity contribution in [3.63, 3.8) is 0 Å². The van der Waals surface area contributed by atoms with Crippen LogP contribution in [-0.4, -0.2) is 9.97 Å². The lowest BCUT2D eigenvalue weighted by atomic mass is 9.79. The van der Waals surface area contributed by atoms with Gasteiger partial charge in [-0.05, 0) is 51.4 Å². The lowest BCUT2D eigenvalue weighted by Crippen LogP contribution is -2.15. The van der Waals surface area contributed by atoms with Crippen molar-refractivity contribution < 1.29 is 0 Å². The zero-order valence-corrected chi connectivity index (χ0v) is 23.6. The molecule has 1 N–H and O–H groups in total. The number of H-pyrrole nitrogens is 1. The molecule has 0 atom stereocenters. The highest BCUT2D eigenvalue weighted by molar-refractivity contribution is 6.16. The number of hydrogen-bond donors (Lipinski definition) is 1. The maximum atomic E-state index is 5.32. The minimum Gasteiger partial charge on any atom is -0.354 e. The van der Waals surface area contributed by atoms with Gasteiger partial charge >= 0.3 is 0 Å². The Morgan fingerprint density at radius 3 is 2.19 bits per heavy atom. The van der Waals surface area contributed by atoms with Crippen molar-refractivity contribution >= 4 is 43.5 Å². The molecule has 198 valence electrons. The average Bonchev–Trinajstić information content (AvgIpc) is 3.53. The van der Waals surface area contributed by atoms with Gasteiger partial charge in [0.25, 0.3) is 0 Å². The number of fused-ring (bicyclic) bond motifs is 10. The quantitative estimate of drug-likeness (QED) is 0.219. The van der Waals surface area contributed by atoms with Crippen LogP contribution in [0.1, 0.15) is 25.0 Å². The summed E-state index contributed by atoms with van der Waals surface area (Å²) in [7, 11) is 0.